The van der Waals surface area contributed by atoms with E-state index < -0.39 is 0 Å². The van der Waals surface area contributed by atoms with Crippen molar-refractivity contribution in [1.29, 1.82) is 0 Å². The minimum Gasteiger partial charge on any atom is -0.328 e. The smallest absolute Gasteiger partial charge is 0.224 e. The molecule has 1 aromatic carbocycles. The number of aryl methyl sites for hydroxylation is 1. The van der Waals surface area contributed by atoms with Crippen molar-refractivity contribution in [3.8, 4) is 0 Å². The zero-order valence-corrected chi connectivity index (χ0v) is 10.8. The van der Waals surface area contributed by atoms with Gasteiger partial charge in [-0.25, -0.2) is 0 Å². The van der Waals surface area contributed by atoms with Gasteiger partial charge in [-0.2, -0.15) is 0 Å². The Bertz CT molecular complexity index is 429. The zero-order chi connectivity index (χ0) is 13.0. The highest BCUT2D eigenvalue weighted by molar-refractivity contribution is 5.93. The summed E-state index contributed by atoms with van der Waals surface area (Å²) in [4.78, 5) is 11.3. The van der Waals surface area contributed by atoms with E-state index in [4.69, 9.17) is 5.73 Å². The van der Waals surface area contributed by atoms with Gasteiger partial charge in [0.25, 0.3) is 0 Å². The van der Waals surface area contributed by atoms with E-state index in [2.05, 4.69) is 22.8 Å². The molecule has 1 heterocycles. The van der Waals surface area contributed by atoms with Crippen molar-refractivity contribution in [2.75, 3.05) is 11.9 Å². The summed E-state index contributed by atoms with van der Waals surface area (Å²) in [6.07, 6.45) is 2.42. The average molecular weight is 247 g/mol. The van der Waals surface area contributed by atoms with Crippen LogP contribution in [0.15, 0.2) is 18.2 Å². The number of anilines is 1. The zero-order valence-electron chi connectivity index (χ0n) is 10.8. The Labute approximate surface area is 108 Å². The minimum absolute atomic E-state index is 0.116. The summed E-state index contributed by atoms with van der Waals surface area (Å²) in [7, 11) is 0. The molecule has 18 heavy (non-hydrogen) atoms. The number of rotatable bonds is 5. The van der Waals surface area contributed by atoms with Crippen LogP contribution in [0.4, 0.5) is 5.69 Å². The molecule has 0 saturated heterocycles. The lowest BCUT2D eigenvalue weighted by atomic mass is 10.0. The van der Waals surface area contributed by atoms with Crippen molar-refractivity contribution in [2.45, 2.75) is 38.8 Å². The Morgan fingerprint density at radius 3 is 3.06 bits per heavy atom. The van der Waals surface area contributed by atoms with Gasteiger partial charge in [0.15, 0.2) is 0 Å². The Hall–Kier alpha value is -1.39. The fourth-order valence-corrected chi connectivity index (χ4v) is 2.11. The Morgan fingerprint density at radius 1 is 1.44 bits per heavy atom. The quantitative estimate of drug-likeness (QED) is 0.689. The van der Waals surface area contributed by atoms with Crippen molar-refractivity contribution in [3.63, 3.8) is 0 Å². The normalized spacial score (nSPS) is 16.0. The van der Waals surface area contributed by atoms with Crippen molar-refractivity contribution in [2.24, 2.45) is 5.73 Å². The topological polar surface area (TPSA) is 67.1 Å². The number of nitrogens with one attached hydrogen (secondary N) is 2. The number of carbonyl (C=O) groups is 1. The third-order valence-corrected chi connectivity index (χ3v) is 3.17. The monoisotopic (exact) mass is 247 g/mol. The molecule has 2 rings (SSSR count). The second kappa shape index (κ2) is 5.98. The fraction of sp³-hybridized carbons (Fsp3) is 0.500. The van der Waals surface area contributed by atoms with Crippen LogP contribution in [0.1, 0.15) is 30.9 Å². The van der Waals surface area contributed by atoms with Crippen LogP contribution in [0.2, 0.25) is 0 Å². The Kier molecular flexibility index (Phi) is 4.33. The second-order valence-corrected chi connectivity index (χ2v) is 4.98. The number of fused-ring (bicyclic) bond motifs is 1. The lowest BCUT2D eigenvalue weighted by molar-refractivity contribution is -0.116. The molecule has 1 aromatic rings. The van der Waals surface area contributed by atoms with Gasteiger partial charge in [0.1, 0.15) is 0 Å². The van der Waals surface area contributed by atoms with Gasteiger partial charge in [0, 0.05) is 24.7 Å². The largest absolute Gasteiger partial charge is 0.328 e. The predicted octanol–water partition coefficient (Wildman–Crippen LogP) is 1.40. The van der Waals surface area contributed by atoms with E-state index in [1.54, 1.807) is 0 Å². The van der Waals surface area contributed by atoms with Crippen molar-refractivity contribution >= 4 is 11.6 Å². The van der Waals surface area contributed by atoms with Gasteiger partial charge in [-0.05, 0) is 43.5 Å². The molecule has 4 nitrogen and oxygen atoms in total. The highest BCUT2D eigenvalue weighted by atomic mass is 16.1. The van der Waals surface area contributed by atoms with Crippen LogP contribution in [-0.2, 0) is 17.8 Å². The average Bonchev–Trinajstić information content (AvgIpc) is 2.34. The van der Waals surface area contributed by atoms with Crippen molar-refractivity contribution < 1.29 is 4.79 Å². The molecule has 0 fully saturated rings. The van der Waals surface area contributed by atoms with E-state index in [-0.39, 0.29) is 11.9 Å². The molecule has 1 amide bonds. The van der Waals surface area contributed by atoms with Crippen LogP contribution in [0.5, 0.6) is 0 Å². The molecule has 0 spiro atoms. The minimum atomic E-state index is 0.116. The lowest BCUT2D eigenvalue weighted by Crippen LogP contribution is -2.24. The highest BCUT2D eigenvalue weighted by Gasteiger charge is 2.14. The molecular formula is C14H21N3O. The first-order chi connectivity index (χ1) is 8.65. The molecule has 0 saturated carbocycles. The van der Waals surface area contributed by atoms with Crippen molar-refractivity contribution in [1.82, 2.24) is 5.32 Å². The SMILES string of the molecule is CC(N)CCNCc1ccc2c(c1)CCC(=O)N2. The number of carbonyl (C=O) groups excluding carboxylic acids is 1. The maximum Gasteiger partial charge on any atom is 0.224 e. The second-order valence-electron chi connectivity index (χ2n) is 4.98. The molecule has 4 heteroatoms. The summed E-state index contributed by atoms with van der Waals surface area (Å²) < 4.78 is 0. The standard InChI is InChI=1S/C14H21N3O/c1-10(15)6-7-16-9-11-2-4-13-12(8-11)3-5-14(18)17-13/h2,4,8,10,16H,3,5-7,9,15H2,1H3,(H,17,18). The van der Waals surface area contributed by atoms with Crippen LogP contribution in [-0.4, -0.2) is 18.5 Å². The Balaban J connectivity index is 1.89. The van der Waals surface area contributed by atoms with E-state index in [9.17, 15) is 4.79 Å². The molecule has 4 N–H and O–H groups in total. The number of hydrogen-bond donors (Lipinski definition) is 3. The maximum atomic E-state index is 11.3. The van der Waals surface area contributed by atoms with E-state index in [1.807, 2.05) is 13.0 Å². The first-order valence-electron chi connectivity index (χ1n) is 6.53. The first-order valence-corrected chi connectivity index (χ1v) is 6.53. The first kappa shape index (κ1) is 13.1. The number of benzene rings is 1. The molecule has 0 aliphatic carbocycles. The molecule has 98 valence electrons. The van der Waals surface area contributed by atoms with Gasteiger partial charge in [-0.15, -0.1) is 0 Å². The van der Waals surface area contributed by atoms with E-state index in [0.29, 0.717) is 6.42 Å². The summed E-state index contributed by atoms with van der Waals surface area (Å²) in [5.74, 6) is 0.116. The third-order valence-electron chi connectivity index (χ3n) is 3.17. The molecule has 0 bridgehead atoms. The molecule has 1 aliphatic rings. The summed E-state index contributed by atoms with van der Waals surface area (Å²) in [6, 6.07) is 6.47. The highest BCUT2D eigenvalue weighted by Crippen LogP contribution is 2.23. The van der Waals surface area contributed by atoms with Gasteiger partial charge < -0.3 is 16.4 Å². The molecule has 0 aromatic heterocycles. The molecule has 1 atom stereocenters. The van der Waals surface area contributed by atoms with Crippen LogP contribution in [0.25, 0.3) is 0 Å². The van der Waals surface area contributed by atoms with Crippen LogP contribution < -0.4 is 16.4 Å². The molecule has 0 radical (unpaired) electrons. The molecular weight excluding hydrogens is 226 g/mol. The van der Waals surface area contributed by atoms with Gasteiger partial charge >= 0.3 is 0 Å². The van der Waals surface area contributed by atoms with E-state index in [1.165, 1.54) is 11.1 Å². The number of amides is 1. The van der Waals surface area contributed by atoms with Gasteiger partial charge in [-0.1, -0.05) is 12.1 Å². The van der Waals surface area contributed by atoms with E-state index >= 15 is 0 Å². The third kappa shape index (κ3) is 3.55. The van der Waals surface area contributed by atoms with Crippen LogP contribution in [0, 0.1) is 0 Å². The van der Waals surface area contributed by atoms with Crippen LogP contribution >= 0.6 is 0 Å². The summed E-state index contributed by atoms with van der Waals surface area (Å²) >= 11 is 0. The number of hydrogen-bond acceptors (Lipinski definition) is 3. The Morgan fingerprint density at radius 2 is 2.28 bits per heavy atom. The van der Waals surface area contributed by atoms with Crippen LogP contribution in [0.3, 0.4) is 0 Å². The lowest BCUT2D eigenvalue weighted by Gasteiger charge is -2.17. The maximum absolute atomic E-state index is 11.3. The number of nitrogens with two attached hydrogens (primary N) is 1. The summed E-state index contributed by atoms with van der Waals surface area (Å²) in [5, 5.41) is 6.27. The molecule has 1 unspecified atom stereocenters. The fourth-order valence-electron chi connectivity index (χ4n) is 2.11. The summed E-state index contributed by atoms with van der Waals surface area (Å²) in [5.41, 5.74) is 9.16. The van der Waals surface area contributed by atoms with Crippen molar-refractivity contribution in [3.05, 3.63) is 29.3 Å². The molecule has 1 aliphatic heterocycles. The van der Waals surface area contributed by atoms with Gasteiger partial charge in [-0.3, -0.25) is 4.79 Å². The predicted molar refractivity (Wildman–Crippen MR) is 73.4 cm³/mol. The van der Waals surface area contributed by atoms with Gasteiger partial charge in [0.05, 0.1) is 0 Å². The van der Waals surface area contributed by atoms with Gasteiger partial charge in [0.2, 0.25) is 5.91 Å². The summed E-state index contributed by atoms with van der Waals surface area (Å²) in [6.45, 7) is 3.81. The van der Waals surface area contributed by atoms with E-state index in [0.717, 1.165) is 31.6 Å².